The first-order chi connectivity index (χ1) is 5.63. The van der Waals surface area contributed by atoms with E-state index in [0.29, 0.717) is 0 Å². The summed E-state index contributed by atoms with van der Waals surface area (Å²) in [5.41, 5.74) is 0. The topological polar surface area (TPSA) is 34.1 Å². The molecule has 0 heterocycles. The zero-order valence-electron chi connectivity index (χ0n) is 6.37. The molecule has 0 saturated carbocycles. The molecule has 0 atom stereocenters. The Hall–Kier alpha value is 0.0239. The van der Waals surface area contributed by atoms with Crippen molar-refractivity contribution in [3.8, 4) is 0 Å². The number of alkyl halides is 6. The standard InChI is InChI=1S/C5H2F6O2.Y/c6-1-4(7,8)2(12)3(13)5(9,10)11;/h1H2;/q;+3. The van der Waals surface area contributed by atoms with E-state index in [-0.39, 0.29) is 32.7 Å². The fraction of sp³-hybridized carbons (Fsp3) is 0.600. The maximum atomic E-state index is 11.9. The molecule has 0 aliphatic rings. The Labute approximate surface area is 98.9 Å². The van der Waals surface area contributed by atoms with Gasteiger partial charge >= 0.3 is 50.6 Å². The molecule has 0 bridgehead atoms. The molecule has 0 radical (unpaired) electrons. The summed E-state index contributed by atoms with van der Waals surface area (Å²) in [5, 5.41) is 0. The van der Waals surface area contributed by atoms with Crippen molar-refractivity contribution in [3.05, 3.63) is 0 Å². The SMILES string of the molecule is O=C(C(=O)C(F)(F)CF)C(F)(F)F.[Y+3]. The van der Waals surface area contributed by atoms with E-state index in [1.165, 1.54) is 0 Å². The Balaban J connectivity index is 0. The van der Waals surface area contributed by atoms with Gasteiger partial charge in [-0.2, -0.15) is 22.0 Å². The Morgan fingerprint density at radius 1 is 0.929 bits per heavy atom. The monoisotopic (exact) mass is 297 g/mol. The molecule has 0 aromatic rings. The van der Waals surface area contributed by atoms with Gasteiger partial charge in [0.25, 0.3) is 5.78 Å². The molecular formula is C5H2F6O2Y+3. The number of hydrogen-bond acceptors (Lipinski definition) is 2. The molecule has 0 saturated heterocycles. The molecule has 0 rings (SSSR count). The third-order valence-electron chi connectivity index (χ3n) is 0.964. The van der Waals surface area contributed by atoms with Crippen molar-refractivity contribution < 1.29 is 68.6 Å². The van der Waals surface area contributed by atoms with E-state index in [0.717, 1.165) is 0 Å². The van der Waals surface area contributed by atoms with Crippen LogP contribution in [0.4, 0.5) is 26.3 Å². The van der Waals surface area contributed by atoms with Crippen LogP contribution in [0.2, 0.25) is 0 Å². The zero-order valence-corrected chi connectivity index (χ0v) is 9.21. The minimum atomic E-state index is -5.70. The van der Waals surface area contributed by atoms with Crippen LogP contribution in [-0.2, 0) is 42.3 Å². The van der Waals surface area contributed by atoms with E-state index in [1.807, 2.05) is 0 Å². The fourth-order valence-electron chi connectivity index (χ4n) is 0.356. The first kappa shape index (κ1) is 16.5. The second-order valence-corrected chi connectivity index (χ2v) is 1.99. The first-order valence-electron chi connectivity index (χ1n) is 2.72. The van der Waals surface area contributed by atoms with Crippen molar-refractivity contribution in [2.45, 2.75) is 12.1 Å². The van der Waals surface area contributed by atoms with Gasteiger partial charge in [-0.1, -0.05) is 0 Å². The van der Waals surface area contributed by atoms with Gasteiger partial charge in [0, 0.05) is 0 Å². The third-order valence-corrected chi connectivity index (χ3v) is 0.964. The summed E-state index contributed by atoms with van der Waals surface area (Å²) in [6, 6.07) is 0. The van der Waals surface area contributed by atoms with Gasteiger partial charge in [-0.25, -0.2) is 4.39 Å². The summed E-state index contributed by atoms with van der Waals surface area (Å²) >= 11 is 0. The van der Waals surface area contributed by atoms with Crippen LogP contribution in [0.15, 0.2) is 0 Å². The maximum absolute atomic E-state index is 11.9. The summed E-state index contributed by atoms with van der Waals surface area (Å²) in [4.78, 5) is 19.8. The summed E-state index contributed by atoms with van der Waals surface area (Å²) in [7, 11) is 0. The van der Waals surface area contributed by atoms with E-state index in [4.69, 9.17) is 0 Å². The second kappa shape index (κ2) is 5.20. The van der Waals surface area contributed by atoms with Crippen molar-refractivity contribution >= 4 is 11.6 Å². The molecular weight excluding hydrogens is 295 g/mol. The molecule has 0 aliphatic heterocycles. The molecule has 0 unspecified atom stereocenters. The molecule has 9 heteroatoms. The number of carbonyl (C=O) groups is 2. The van der Waals surface area contributed by atoms with Gasteiger partial charge in [-0.15, -0.1) is 0 Å². The van der Waals surface area contributed by atoms with Crippen molar-refractivity contribution in [2.75, 3.05) is 6.67 Å². The molecule has 2 nitrogen and oxygen atoms in total. The number of halogens is 6. The summed E-state index contributed by atoms with van der Waals surface area (Å²) in [5.74, 6) is -11.2. The minimum Gasteiger partial charge on any atom is -0.284 e. The number of rotatable bonds is 3. The second-order valence-electron chi connectivity index (χ2n) is 1.99. The van der Waals surface area contributed by atoms with E-state index in [9.17, 15) is 35.9 Å². The van der Waals surface area contributed by atoms with Crippen LogP contribution in [0.25, 0.3) is 0 Å². The molecule has 0 fully saturated rings. The Morgan fingerprint density at radius 3 is 1.50 bits per heavy atom. The maximum Gasteiger partial charge on any atom is 3.00 e. The van der Waals surface area contributed by atoms with Gasteiger partial charge in [0.15, 0.2) is 6.67 Å². The third kappa shape index (κ3) is 4.04. The summed E-state index contributed by atoms with van der Waals surface area (Å²) < 4.78 is 69.1. The predicted molar refractivity (Wildman–Crippen MR) is 27.0 cm³/mol. The minimum absolute atomic E-state index is 0. The molecule has 0 N–H and O–H groups in total. The number of Topliss-reactive ketones (excluding diaryl/α,β-unsaturated/α-hetero) is 2. The quantitative estimate of drug-likeness (QED) is 0.581. The van der Waals surface area contributed by atoms with E-state index < -0.39 is 30.3 Å². The van der Waals surface area contributed by atoms with Crippen molar-refractivity contribution in [2.24, 2.45) is 0 Å². The molecule has 76 valence electrons. The Morgan fingerprint density at radius 2 is 1.29 bits per heavy atom. The van der Waals surface area contributed by atoms with Crippen LogP contribution in [0.5, 0.6) is 0 Å². The summed E-state index contributed by atoms with van der Waals surface area (Å²) in [6.07, 6.45) is -5.70. The molecule has 0 spiro atoms. The van der Waals surface area contributed by atoms with Crippen LogP contribution in [-0.4, -0.2) is 30.3 Å². The van der Waals surface area contributed by atoms with Crippen molar-refractivity contribution in [1.82, 2.24) is 0 Å². The molecule has 0 aromatic carbocycles. The summed E-state index contributed by atoms with van der Waals surface area (Å²) in [6.45, 7) is -2.63. The number of hydrogen-bond donors (Lipinski definition) is 0. The van der Waals surface area contributed by atoms with Crippen molar-refractivity contribution in [3.63, 3.8) is 0 Å². The van der Waals surface area contributed by atoms with Crippen LogP contribution >= 0.6 is 0 Å². The predicted octanol–water partition coefficient (Wildman–Crippen LogP) is 1.29. The number of carbonyl (C=O) groups excluding carboxylic acids is 2. The van der Waals surface area contributed by atoms with Crippen LogP contribution in [0.3, 0.4) is 0 Å². The smallest absolute Gasteiger partial charge is 0.284 e. The van der Waals surface area contributed by atoms with Crippen LogP contribution in [0.1, 0.15) is 0 Å². The Kier molecular flexibility index (Phi) is 6.11. The van der Waals surface area contributed by atoms with Crippen LogP contribution < -0.4 is 0 Å². The Bertz CT molecular complexity index is 235. The number of ketones is 2. The largest absolute Gasteiger partial charge is 3.00 e. The average molecular weight is 297 g/mol. The first-order valence-corrected chi connectivity index (χ1v) is 2.72. The van der Waals surface area contributed by atoms with E-state index >= 15 is 0 Å². The van der Waals surface area contributed by atoms with Crippen molar-refractivity contribution in [1.29, 1.82) is 0 Å². The zero-order chi connectivity index (χ0) is 10.9. The normalized spacial score (nSPS) is 11.9. The van der Waals surface area contributed by atoms with Gasteiger partial charge in [0.2, 0.25) is 0 Å². The van der Waals surface area contributed by atoms with E-state index in [2.05, 4.69) is 0 Å². The van der Waals surface area contributed by atoms with Crippen LogP contribution in [0, 0.1) is 0 Å². The van der Waals surface area contributed by atoms with Gasteiger partial charge < -0.3 is 0 Å². The van der Waals surface area contributed by atoms with Gasteiger partial charge in [-0.3, -0.25) is 9.59 Å². The fourth-order valence-corrected chi connectivity index (χ4v) is 0.356. The molecule has 0 aromatic heterocycles. The molecule has 0 amide bonds. The van der Waals surface area contributed by atoms with E-state index in [1.54, 1.807) is 0 Å². The molecule has 14 heavy (non-hydrogen) atoms. The average Bonchev–Trinajstić information content (AvgIpc) is 2.00. The molecule has 0 aliphatic carbocycles. The van der Waals surface area contributed by atoms with Gasteiger partial charge in [0.05, 0.1) is 0 Å². The van der Waals surface area contributed by atoms with Gasteiger partial charge in [0.1, 0.15) is 0 Å². The van der Waals surface area contributed by atoms with Gasteiger partial charge in [-0.05, 0) is 0 Å².